The number of hydrogen-bond acceptors (Lipinski definition) is 2. The molecule has 0 aliphatic heterocycles. The van der Waals surface area contributed by atoms with E-state index in [1.165, 1.54) is 0 Å². The van der Waals surface area contributed by atoms with E-state index >= 15 is 0 Å². The molecule has 3 unspecified atom stereocenters. The monoisotopic (exact) mass is 258 g/mol. The van der Waals surface area contributed by atoms with Crippen LogP contribution in [0.2, 0.25) is 0 Å². The minimum absolute atomic E-state index is 0. The highest BCUT2D eigenvalue weighted by molar-refractivity contribution is 14.0. The quantitative estimate of drug-likeness (QED) is 0.682. The molecule has 2 aliphatic carbocycles. The fourth-order valence-corrected chi connectivity index (χ4v) is 1.87. The molecule has 3 heteroatoms. The normalized spacial score (nSPS) is 58.6. The molecule has 0 saturated heterocycles. The van der Waals surface area contributed by atoms with Crippen LogP contribution in [0, 0.1) is 11.3 Å². The summed E-state index contributed by atoms with van der Waals surface area (Å²) in [5.74, 6) is 0.285. The lowest BCUT2D eigenvalue weighted by molar-refractivity contribution is 0.0612. The molecular formula is C7H13IO2. The topological polar surface area (TPSA) is 40.5 Å². The van der Waals surface area contributed by atoms with E-state index in [1.54, 1.807) is 0 Å². The van der Waals surface area contributed by atoms with E-state index in [2.05, 4.69) is 0 Å². The zero-order chi connectivity index (χ0) is 7.35. The highest BCUT2D eigenvalue weighted by atomic mass is 127. The highest BCUT2D eigenvalue weighted by Gasteiger charge is 2.61. The lowest BCUT2D eigenvalue weighted by atomic mass is 10.0. The molecule has 60 valence electrons. The summed E-state index contributed by atoms with van der Waals surface area (Å²) < 4.78 is 7.47. The van der Waals surface area contributed by atoms with Crippen LogP contribution in [0.25, 0.3) is 0 Å². The van der Waals surface area contributed by atoms with Gasteiger partial charge in [0.25, 0.3) is 0 Å². The number of rotatable bonds is 1. The summed E-state index contributed by atoms with van der Waals surface area (Å²) in [7, 11) is 0. The molecule has 2 rings (SSSR count). The zero-order valence-corrected chi connectivity index (χ0v) is 7.99. The maximum absolute atomic E-state index is 9.38. The SMILES string of the molecule is I.[3H]C1CC(O)C2(CO)C[C@H]12. The van der Waals surface area contributed by atoms with Gasteiger partial charge in [0.1, 0.15) is 0 Å². The third kappa shape index (κ3) is 0.905. The molecule has 0 amide bonds. The van der Waals surface area contributed by atoms with Crippen LogP contribution in [0.4, 0.5) is 0 Å². The first-order valence-electron chi connectivity index (χ1n) is 3.99. The lowest BCUT2D eigenvalue weighted by Crippen LogP contribution is -2.22. The summed E-state index contributed by atoms with van der Waals surface area (Å²) in [6, 6.07) is 0. The minimum atomic E-state index is -0.412. The third-order valence-corrected chi connectivity index (χ3v) is 2.78. The Morgan fingerprint density at radius 1 is 1.70 bits per heavy atom. The summed E-state index contributed by atoms with van der Waals surface area (Å²) in [6.45, 7) is 0.0637. The summed E-state index contributed by atoms with van der Waals surface area (Å²) in [6.07, 6.45) is 0.886. The second-order valence-corrected chi connectivity index (χ2v) is 3.19. The molecule has 0 aromatic rings. The van der Waals surface area contributed by atoms with Gasteiger partial charge in [0.05, 0.1) is 12.7 Å². The van der Waals surface area contributed by atoms with E-state index in [4.69, 9.17) is 6.48 Å². The fraction of sp³-hybridized carbons (Fsp3) is 1.00. The first-order chi connectivity index (χ1) is 4.70. The van der Waals surface area contributed by atoms with E-state index in [-0.39, 0.29) is 48.3 Å². The average Bonchev–Trinajstić information content (AvgIpc) is 2.57. The van der Waals surface area contributed by atoms with Gasteiger partial charge in [0, 0.05) is 6.79 Å². The van der Waals surface area contributed by atoms with Crippen molar-refractivity contribution >= 4 is 24.0 Å². The van der Waals surface area contributed by atoms with Crippen molar-refractivity contribution in [1.82, 2.24) is 0 Å². The van der Waals surface area contributed by atoms with E-state index < -0.39 is 6.10 Å². The third-order valence-electron chi connectivity index (χ3n) is 2.78. The molecule has 4 atom stereocenters. The Morgan fingerprint density at radius 3 is 2.60 bits per heavy atom. The van der Waals surface area contributed by atoms with Gasteiger partial charge in [-0.15, -0.1) is 24.0 Å². The first-order valence-corrected chi connectivity index (χ1v) is 3.42. The molecule has 0 radical (unpaired) electrons. The molecule has 0 heterocycles. The maximum Gasteiger partial charge on any atom is 0.0621 e. The zero-order valence-electron chi connectivity index (χ0n) is 6.66. The van der Waals surface area contributed by atoms with Crippen molar-refractivity contribution in [3.63, 3.8) is 0 Å². The Hall–Kier alpha value is 0.650. The number of hydrogen-bond donors (Lipinski definition) is 2. The Morgan fingerprint density at radius 2 is 2.40 bits per heavy atom. The number of fused-ring (bicyclic) bond motifs is 1. The Balaban J connectivity index is 0.000000605. The van der Waals surface area contributed by atoms with E-state index in [0.29, 0.717) is 6.42 Å². The Labute approximate surface area is 79.1 Å². The van der Waals surface area contributed by atoms with Crippen LogP contribution in [0.15, 0.2) is 0 Å². The average molecular weight is 258 g/mol. The van der Waals surface area contributed by atoms with E-state index in [1.807, 2.05) is 0 Å². The van der Waals surface area contributed by atoms with Crippen molar-refractivity contribution in [2.45, 2.75) is 25.3 Å². The highest BCUT2D eigenvalue weighted by Crippen LogP contribution is 2.62. The Kier molecular flexibility index (Phi) is 1.90. The molecule has 2 nitrogen and oxygen atoms in total. The van der Waals surface area contributed by atoms with Gasteiger partial charge in [-0.3, -0.25) is 0 Å². The molecule has 10 heavy (non-hydrogen) atoms. The van der Waals surface area contributed by atoms with Gasteiger partial charge < -0.3 is 10.2 Å². The molecule has 0 aromatic heterocycles. The molecule has 0 aromatic carbocycles. The van der Waals surface area contributed by atoms with Crippen LogP contribution in [-0.4, -0.2) is 22.9 Å². The predicted molar refractivity (Wildman–Crippen MR) is 48.3 cm³/mol. The van der Waals surface area contributed by atoms with Crippen molar-refractivity contribution in [2.24, 2.45) is 11.3 Å². The van der Waals surface area contributed by atoms with Crippen molar-refractivity contribution in [1.29, 1.82) is 0 Å². The molecule has 0 bridgehead atoms. The summed E-state index contributed by atoms with van der Waals surface area (Å²) in [4.78, 5) is 0. The number of halogens is 1. The molecule has 2 saturated carbocycles. The largest absolute Gasteiger partial charge is 0.396 e. The van der Waals surface area contributed by atoms with Gasteiger partial charge in [-0.25, -0.2) is 0 Å². The van der Waals surface area contributed by atoms with E-state index in [0.717, 1.165) is 6.42 Å². The van der Waals surface area contributed by atoms with Crippen LogP contribution in [0.1, 0.15) is 20.6 Å². The van der Waals surface area contributed by atoms with Gasteiger partial charge in [-0.05, 0) is 25.2 Å². The van der Waals surface area contributed by atoms with Crippen molar-refractivity contribution in [3.8, 4) is 0 Å². The maximum atomic E-state index is 9.38. The fourth-order valence-electron chi connectivity index (χ4n) is 1.87. The van der Waals surface area contributed by atoms with Crippen LogP contribution in [-0.2, 0) is 0 Å². The molecule has 2 N–H and O–H groups in total. The lowest BCUT2D eigenvalue weighted by Gasteiger charge is -2.13. The van der Waals surface area contributed by atoms with Crippen molar-refractivity contribution in [3.05, 3.63) is 0 Å². The van der Waals surface area contributed by atoms with Crippen LogP contribution in [0.5, 0.6) is 0 Å². The Bertz CT molecular complexity index is 163. The summed E-state index contributed by atoms with van der Waals surface area (Å²) in [5, 5.41) is 18.3. The van der Waals surface area contributed by atoms with Gasteiger partial charge in [0.2, 0.25) is 0 Å². The van der Waals surface area contributed by atoms with Gasteiger partial charge >= 0.3 is 0 Å². The van der Waals surface area contributed by atoms with Crippen molar-refractivity contribution in [2.75, 3.05) is 6.61 Å². The summed E-state index contributed by atoms with van der Waals surface area (Å²) >= 11 is 0. The van der Waals surface area contributed by atoms with Crippen LogP contribution in [0.3, 0.4) is 0 Å². The van der Waals surface area contributed by atoms with Gasteiger partial charge in [-0.2, -0.15) is 0 Å². The van der Waals surface area contributed by atoms with Gasteiger partial charge in [0.15, 0.2) is 0 Å². The number of aliphatic hydroxyl groups excluding tert-OH is 2. The molecule has 0 spiro atoms. The standard InChI is InChI=1S/C7H12O2.HI/c8-4-7-3-5(7)1-2-6(7)9;/h5-6,8-9H,1-4H2;1H/t5-,6?,7?;/m0./s1/i1T;/t1?,5-,6?,7?;. The predicted octanol–water partition coefficient (Wildman–Crippen LogP) is 0.758. The summed E-state index contributed by atoms with van der Waals surface area (Å²) in [5.41, 5.74) is -0.244. The van der Waals surface area contributed by atoms with Crippen LogP contribution >= 0.6 is 24.0 Å². The second kappa shape index (κ2) is 2.60. The van der Waals surface area contributed by atoms with E-state index in [9.17, 15) is 5.11 Å². The molecular weight excluding hydrogens is 243 g/mol. The molecule has 2 fully saturated rings. The first kappa shape index (κ1) is 7.31. The second-order valence-electron chi connectivity index (χ2n) is 3.19. The minimum Gasteiger partial charge on any atom is -0.396 e. The molecule has 2 aliphatic rings. The smallest absolute Gasteiger partial charge is 0.0621 e. The van der Waals surface area contributed by atoms with Crippen LogP contribution < -0.4 is 0 Å². The van der Waals surface area contributed by atoms with Crippen molar-refractivity contribution < 1.29 is 11.6 Å². The van der Waals surface area contributed by atoms with Gasteiger partial charge in [-0.1, -0.05) is 0 Å². The number of aliphatic hydroxyl groups is 2.